The summed E-state index contributed by atoms with van der Waals surface area (Å²) in [7, 11) is 0. The summed E-state index contributed by atoms with van der Waals surface area (Å²) in [5.74, 6) is 0.124. The third-order valence-electron chi connectivity index (χ3n) is 4.62. The Hall–Kier alpha value is -1.94. The van der Waals surface area contributed by atoms with E-state index in [1.165, 1.54) is 12.1 Å². The lowest BCUT2D eigenvalue weighted by atomic mass is 9.88. The van der Waals surface area contributed by atoms with Gasteiger partial charge in [0.1, 0.15) is 5.82 Å². The maximum absolute atomic E-state index is 13.0. The van der Waals surface area contributed by atoms with Crippen LogP contribution in [0.15, 0.2) is 65.7 Å². The lowest BCUT2D eigenvalue weighted by Gasteiger charge is -2.36. The van der Waals surface area contributed by atoms with E-state index in [4.69, 9.17) is 0 Å². The van der Waals surface area contributed by atoms with Gasteiger partial charge >= 0.3 is 0 Å². The number of nitrogens with zero attached hydrogens (tertiary/aromatic N) is 1. The minimum Gasteiger partial charge on any atom is -0.336 e. The Bertz CT molecular complexity index is 727. The molecule has 2 nitrogen and oxygen atoms in total. The van der Waals surface area contributed by atoms with Crippen LogP contribution in [0.1, 0.15) is 49.8 Å². The zero-order valence-corrected chi connectivity index (χ0v) is 16.9. The van der Waals surface area contributed by atoms with Crippen LogP contribution < -0.4 is 0 Å². The molecule has 2 unspecified atom stereocenters. The minimum atomic E-state index is -0.235. The molecule has 2 aromatic carbocycles. The summed E-state index contributed by atoms with van der Waals surface area (Å²) in [5.41, 5.74) is 2.19. The van der Waals surface area contributed by atoms with E-state index < -0.39 is 0 Å². The van der Waals surface area contributed by atoms with Crippen LogP contribution in [0.25, 0.3) is 0 Å². The number of carbonyl (C=O) groups is 1. The van der Waals surface area contributed by atoms with Crippen LogP contribution in [0.5, 0.6) is 0 Å². The quantitative estimate of drug-likeness (QED) is 0.540. The summed E-state index contributed by atoms with van der Waals surface area (Å²) in [4.78, 5) is 14.5. The summed E-state index contributed by atoms with van der Waals surface area (Å²) in [6.07, 6.45) is 3.16. The molecule has 1 aliphatic heterocycles. The number of hydrogen-bond donors (Lipinski definition) is 0. The third-order valence-corrected chi connectivity index (χ3v) is 5.15. The highest BCUT2D eigenvalue weighted by molar-refractivity contribution is 9.10. The lowest BCUT2D eigenvalue weighted by molar-refractivity contribution is -0.136. The van der Waals surface area contributed by atoms with E-state index in [1.54, 1.807) is 18.2 Å². The smallest absolute Gasteiger partial charge is 0.223 e. The molecule has 0 aromatic heterocycles. The van der Waals surface area contributed by atoms with Crippen molar-refractivity contribution in [2.24, 2.45) is 0 Å². The van der Waals surface area contributed by atoms with Gasteiger partial charge in [-0.3, -0.25) is 4.79 Å². The Morgan fingerprint density at radius 2 is 1.77 bits per heavy atom. The highest BCUT2D eigenvalue weighted by Gasteiger charge is 2.30. The predicted octanol–water partition coefficient (Wildman–Crippen LogP) is 6.25. The first-order valence-electron chi connectivity index (χ1n) is 8.83. The van der Waals surface area contributed by atoms with Crippen molar-refractivity contribution >= 4 is 21.8 Å². The van der Waals surface area contributed by atoms with E-state index in [1.807, 2.05) is 36.1 Å². The zero-order valence-electron chi connectivity index (χ0n) is 15.3. The normalized spacial score (nSPS) is 17.9. The molecular formula is C22H25BrFNO. The Labute approximate surface area is 163 Å². The standard InChI is InChI=1S/C19H19BrFNO.C3H6/c1-13(14-2-6-17(20)7-3-14)22-11-10-16(12-19(22)23)15-4-8-18(21)9-5-15;1-3-2/h2-9,13,16H,10-12H2,1H3;3H,1H2,2H3. The average Bonchev–Trinajstić information content (AvgIpc) is 2.63. The predicted molar refractivity (Wildman–Crippen MR) is 109 cm³/mol. The van der Waals surface area contributed by atoms with Gasteiger partial charge in [-0.05, 0) is 61.6 Å². The van der Waals surface area contributed by atoms with Gasteiger partial charge in [0.15, 0.2) is 0 Å². The van der Waals surface area contributed by atoms with Gasteiger partial charge in [-0.15, -0.1) is 6.58 Å². The van der Waals surface area contributed by atoms with Gasteiger partial charge in [0.25, 0.3) is 0 Å². The van der Waals surface area contributed by atoms with Crippen molar-refractivity contribution in [1.82, 2.24) is 4.90 Å². The molecule has 138 valence electrons. The number of amides is 1. The Morgan fingerprint density at radius 1 is 1.19 bits per heavy atom. The van der Waals surface area contributed by atoms with Crippen LogP contribution in [0, 0.1) is 5.82 Å². The third kappa shape index (κ3) is 5.28. The maximum atomic E-state index is 13.0. The molecule has 0 spiro atoms. The van der Waals surface area contributed by atoms with Crippen LogP contribution in [-0.4, -0.2) is 17.4 Å². The van der Waals surface area contributed by atoms with Crippen molar-refractivity contribution in [2.75, 3.05) is 6.54 Å². The molecule has 0 radical (unpaired) electrons. The molecule has 26 heavy (non-hydrogen) atoms. The highest BCUT2D eigenvalue weighted by atomic mass is 79.9. The van der Waals surface area contributed by atoms with Crippen LogP contribution in [0.4, 0.5) is 4.39 Å². The molecule has 0 aliphatic carbocycles. The molecule has 1 aliphatic rings. The minimum absolute atomic E-state index is 0.0739. The fourth-order valence-electron chi connectivity index (χ4n) is 3.20. The first-order valence-corrected chi connectivity index (χ1v) is 9.63. The molecule has 0 N–H and O–H groups in total. The summed E-state index contributed by atoms with van der Waals surface area (Å²) in [6.45, 7) is 8.05. The average molecular weight is 418 g/mol. The Morgan fingerprint density at radius 3 is 2.31 bits per heavy atom. The topological polar surface area (TPSA) is 20.3 Å². The van der Waals surface area contributed by atoms with Crippen molar-refractivity contribution in [2.45, 2.75) is 38.6 Å². The van der Waals surface area contributed by atoms with Gasteiger partial charge in [-0.1, -0.05) is 46.3 Å². The highest BCUT2D eigenvalue weighted by Crippen LogP contribution is 2.33. The number of piperidine rings is 1. The maximum Gasteiger partial charge on any atom is 0.223 e. The Kier molecular flexibility index (Phi) is 7.58. The first kappa shape index (κ1) is 20.4. The molecular weight excluding hydrogens is 393 g/mol. The molecule has 3 rings (SSSR count). The van der Waals surface area contributed by atoms with E-state index in [0.29, 0.717) is 6.42 Å². The molecule has 1 saturated heterocycles. The van der Waals surface area contributed by atoms with E-state index in [-0.39, 0.29) is 23.7 Å². The molecule has 4 heteroatoms. The summed E-state index contributed by atoms with van der Waals surface area (Å²) >= 11 is 3.43. The monoisotopic (exact) mass is 417 g/mol. The van der Waals surface area contributed by atoms with E-state index in [0.717, 1.165) is 28.6 Å². The van der Waals surface area contributed by atoms with Crippen LogP contribution in [0.3, 0.4) is 0 Å². The number of likely N-dealkylation sites (tertiary alicyclic amines) is 1. The van der Waals surface area contributed by atoms with Crippen molar-refractivity contribution < 1.29 is 9.18 Å². The second-order valence-electron chi connectivity index (χ2n) is 6.46. The number of benzene rings is 2. The molecule has 1 fully saturated rings. The number of halogens is 2. The van der Waals surface area contributed by atoms with Gasteiger partial charge in [0.2, 0.25) is 5.91 Å². The van der Waals surface area contributed by atoms with Gasteiger partial charge in [0.05, 0.1) is 6.04 Å². The van der Waals surface area contributed by atoms with Gasteiger partial charge in [-0.25, -0.2) is 4.39 Å². The second kappa shape index (κ2) is 9.67. The van der Waals surface area contributed by atoms with Gasteiger partial charge < -0.3 is 4.90 Å². The van der Waals surface area contributed by atoms with Crippen molar-refractivity contribution in [3.63, 3.8) is 0 Å². The van der Waals surface area contributed by atoms with Crippen LogP contribution >= 0.6 is 15.9 Å². The zero-order chi connectivity index (χ0) is 19.1. The number of rotatable bonds is 3. The summed E-state index contributed by atoms with van der Waals surface area (Å²) < 4.78 is 14.1. The van der Waals surface area contributed by atoms with Crippen molar-refractivity contribution in [3.05, 3.63) is 82.6 Å². The molecule has 1 amide bonds. The number of carbonyl (C=O) groups excluding carboxylic acids is 1. The number of hydrogen-bond acceptors (Lipinski definition) is 1. The molecule has 2 atom stereocenters. The molecule has 2 aromatic rings. The fourth-order valence-corrected chi connectivity index (χ4v) is 3.46. The van der Waals surface area contributed by atoms with E-state index in [9.17, 15) is 9.18 Å². The largest absolute Gasteiger partial charge is 0.336 e. The lowest BCUT2D eigenvalue weighted by Crippen LogP contribution is -2.39. The molecule has 0 saturated carbocycles. The van der Waals surface area contributed by atoms with Crippen LogP contribution in [0.2, 0.25) is 0 Å². The SMILES string of the molecule is C=CC.CC(c1ccc(Br)cc1)N1CCC(c2ccc(F)cc2)CC1=O. The van der Waals surface area contributed by atoms with E-state index in [2.05, 4.69) is 29.4 Å². The first-order chi connectivity index (χ1) is 12.5. The van der Waals surface area contributed by atoms with Crippen molar-refractivity contribution in [3.8, 4) is 0 Å². The Balaban J connectivity index is 0.000000758. The van der Waals surface area contributed by atoms with E-state index >= 15 is 0 Å². The fraction of sp³-hybridized carbons (Fsp3) is 0.318. The summed E-state index contributed by atoms with van der Waals surface area (Å²) in [5, 5.41) is 0. The molecule has 0 bridgehead atoms. The van der Waals surface area contributed by atoms with Crippen LogP contribution in [-0.2, 0) is 4.79 Å². The van der Waals surface area contributed by atoms with Crippen molar-refractivity contribution in [1.29, 1.82) is 0 Å². The van der Waals surface area contributed by atoms with Gasteiger partial charge in [-0.2, -0.15) is 0 Å². The second-order valence-corrected chi connectivity index (χ2v) is 7.38. The van der Waals surface area contributed by atoms with Gasteiger partial charge in [0, 0.05) is 17.4 Å². The molecule has 1 heterocycles. The summed E-state index contributed by atoms with van der Waals surface area (Å²) in [6, 6.07) is 14.7. The number of allylic oxidation sites excluding steroid dienone is 1.